The fourth-order valence-electron chi connectivity index (χ4n) is 5.39. The van der Waals surface area contributed by atoms with Crippen LogP contribution in [-0.4, -0.2) is 36.2 Å². The highest BCUT2D eigenvalue weighted by molar-refractivity contribution is 6.33. The van der Waals surface area contributed by atoms with Crippen LogP contribution < -0.4 is 15.8 Å². The molecule has 2 aromatic rings. The first-order valence-corrected chi connectivity index (χ1v) is 11.8. The van der Waals surface area contributed by atoms with Crippen LogP contribution in [0.1, 0.15) is 34.1 Å². The average molecular weight is 508 g/mol. The van der Waals surface area contributed by atoms with E-state index in [1.54, 1.807) is 24.3 Å². The molecule has 2 fully saturated rings. The second-order valence-electron chi connectivity index (χ2n) is 9.09. The molecule has 0 aromatic heterocycles. The van der Waals surface area contributed by atoms with E-state index in [1.807, 2.05) is 6.92 Å². The van der Waals surface area contributed by atoms with Crippen molar-refractivity contribution in [2.24, 2.45) is 23.7 Å². The van der Waals surface area contributed by atoms with Crippen LogP contribution in [0.25, 0.3) is 0 Å². The number of benzene rings is 2. The molecule has 9 nitrogen and oxygen atoms in total. The van der Waals surface area contributed by atoms with E-state index in [0.29, 0.717) is 5.69 Å². The molecule has 2 N–H and O–H groups in total. The molecule has 1 aliphatic heterocycles. The van der Waals surface area contributed by atoms with E-state index in [9.17, 15) is 24.0 Å². The Labute approximate surface area is 211 Å². The maximum Gasteiger partial charge on any atom is 0.338 e. The van der Waals surface area contributed by atoms with Gasteiger partial charge in [0.25, 0.3) is 11.8 Å². The lowest BCUT2D eigenvalue weighted by atomic mass is 9.82. The van der Waals surface area contributed by atoms with Crippen molar-refractivity contribution in [3.05, 3.63) is 76.3 Å². The van der Waals surface area contributed by atoms with E-state index in [-0.39, 0.29) is 51.6 Å². The number of fused-ring (bicyclic) bond motifs is 5. The van der Waals surface area contributed by atoms with Gasteiger partial charge in [-0.3, -0.25) is 30.0 Å². The smallest absolute Gasteiger partial charge is 0.338 e. The van der Waals surface area contributed by atoms with Crippen molar-refractivity contribution in [3.8, 4) is 0 Å². The van der Waals surface area contributed by atoms with Gasteiger partial charge in [0.1, 0.15) is 0 Å². The van der Waals surface area contributed by atoms with Crippen molar-refractivity contribution < 1.29 is 28.7 Å². The summed E-state index contributed by atoms with van der Waals surface area (Å²) in [7, 11) is 0. The number of allylic oxidation sites excluding steroid dienone is 2. The van der Waals surface area contributed by atoms with Crippen molar-refractivity contribution in [2.45, 2.75) is 13.3 Å². The summed E-state index contributed by atoms with van der Waals surface area (Å²) in [5.74, 6) is -3.25. The fraction of sp³-hybridized carbons (Fsp3) is 0.269. The molecule has 2 aliphatic carbocycles. The van der Waals surface area contributed by atoms with Gasteiger partial charge in [-0.25, -0.2) is 9.69 Å². The second-order valence-corrected chi connectivity index (χ2v) is 9.50. The van der Waals surface area contributed by atoms with Gasteiger partial charge in [0.15, 0.2) is 6.61 Å². The molecule has 10 heteroatoms. The number of halogens is 1. The summed E-state index contributed by atoms with van der Waals surface area (Å²) >= 11 is 5.94. The molecule has 1 heterocycles. The number of carbonyl (C=O) groups excluding carboxylic acids is 5. The number of nitrogens with one attached hydrogen (secondary N) is 2. The molecular weight excluding hydrogens is 486 g/mol. The quantitative estimate of drug-likeness (QED) is 0.278. The van der Waals surface area contributed by atoms with E-state index in [0.717, 1.165) is 16.9 Å². The molecule has 3 aliphatic rings. The Morgan fingerprint density at radius 2 is 1.78 bits per heavy atom. The van der Waals surface area contributed by atoms with Crippen molar-refractivity contribution in [1.29, 1.82) is 0 Å². The van der Waals surface area contributed by atoms with Gasteiger partial charge >= 0.3 is 5.97 Å². The number of hydrogen-bond acceptors (Lipinski definition) is 6. The zero-order valence-electron chi connectivity index (χ0n) is 19.2. The number of anilines is 1. The number of esters is 1. The summed E-state index contributed by atoms with van der Waals surface area (Å²) in [6, 6.07) is 12.3. The third-order valence-electron chi connectivity index (χ3n) is 6.99. The maximum absolute atomic E-state index is 13.1. The summed E-state index contributed by atoms with van der Waals surface area (Å²) in [6.07, 6.45) is 2.93. The van der Waals surface area contributed by atoms with Gasteiger partial charge < -0.3 is 4.74 Å². The Hall–Kier alpha value is -3.98. The highest BCUT2D eigenvalue weighted by Crippen LogP contribution is 2.55. The Balaban J connectivity index is 1.19. The standard InChI is InChI=1S/C26H22ClN3O6/c1-13-9-15-11-18(13)22-21(15)24(33)30(25(22)34)16-6-4-5-14(10-16)26(35)36-12-20(31)28-29-23(32)17-7-2-3-8-19(17)27/h2-10,15,18,21-22H,11-12H2,1H3,(H,28,31)(H,29,32)/t15-,18+,21-,22+/m0/s1. The second kappa shape index (κ2) is 9.23. The van der Waals surface area contributed by atoms with Crippen molar-refractivity contribution in [3.63, 3.8) is 0 Å². The number of nitrogens with zero attached hydrogens (tertiary/aromatic N) is 1. The van der Waals surface area contributed by atoms with Crippen molar-refractivity contribution in [2.75, 3.05) is 11.5 Å². The van der Waals surface area contributed by atoms with Crippen LogP contribution >= 0.6 is 11.6 Å². The molecule has 184 valence electrons. The average Bonchev–Trinajstić information content (AvgIpc) is 3.51. The molecule has 5 rings (SSSR count). The van der Waals surface area contributed by atoms with E-state index in [1.165, 1.54) is 24.3 Å². The minimum Gasteiger partial charge on any atom is -0.452 e. The highest BCUT2D eigenvalue weighted by Gasteiger charge is 2.60. The summed E-state index contributed by atoms with van der Waals surface area (Å²) in [4.78, 5) is 64.1. The Bertz CT molecular complexity index is 1340. The maximum atomic E-state index is 13.1. The van der Waals surface area contributed by atoms with E-state index < -0.39 is 24.4 Å². The predicted octanol–water partition coefficient (Wildman–Crippen LogP) is 2.66. The molecule has 1 saturated heterocycles. The molecule has 0 unspecified atom stereocenters. The van der Waals surface area contributed by atoms with E-state index in [2.05, 4.69) is 16.9 Å². The van der Waals surface area contributed by atoms with Crippen molar-refractivity contribution >= 4 is 46.9 Å². The number of rotatable bonds is 5. The molecule has 4 amide bonds. The largest absolute Gasteiger partial charge is 0.452 e. The van der Waals surface area contributed by atoms with Crippen molar-refractivity contribution in [1.82, 2.24) is 10.9 Å². The number of carbonyl (C=O) groups is 5. The monoisotopic (exact) mass is 507 g/mol. The lowest BCUT2D eigenvalue weighted by molar-refractivity contribution is -0.125. The molecule has 4 atom stereocenters. The van der Waals surface area contributed by atoms with Crippen LogP contribution in [0.2, 0.25) is 5.02 Å². The van der Waals surface area contributed by atoms with Crippen LogP contribution in [0.4, 0.5) is 5.69 Å². The van der Waals surface area contributed by atoms with Gasteiger partial charge in [-0.15, -0.1) is 0 Å². The minimum atomic E-state index is -0.818. The Morgan fingerprint density at radius 3 is 2.56 bits per heavy atom. The van der Waals surface area contributed by atoms with E-state index >= 15 is 0 Å². The van der Waals surface area contributed by atoms with Crippen LogP contribution in [0.3, 0.4) is 0 Å². The topological polar surface area (TPSA) is 122 Å². The normalized spacial score (nSPS) is 23.8. The Kier molecular flexibility index (Phi) is 6.09. The molecule has 0 radical (unpaired) electrons. The van der Waals surface area contributed by atoms with Crippen LogP contribution in [-0.2, 0) is 19.1 Å². The molecule has 2 aromatic carbocycles. The third kappa shape index (κ3) is 4.05. The molecule has 36 heavy (non-hydrogen) atoms. The number of hydrogen-bond donors (Lipinski definition) is 2. The van der Waals surface area contributed by atoms with Gasteiger partial charge in [-0.1, -0.05) is 41.4 Å². The summed E-state index contributed by atoms with van der Waals surface area (Å²) < 4.78 is 5.03. The number of ether oxygens (including phenoxy) is 1. The lowest BCUT2D eigenvalue weighted by Crippen LogP contribution is -2.43. The molecule has 2 bridgehead atoms. The SMILES string of the molecule is CC1=C[C@H]2C[C@H]1[C@H]1C(=O)N(c3cccc(C(=O)OCC(=O)NNC(=O)c4ccccc4Cl)c3)C(=O)[C@H]12. The number of imide groups is 1. The zero-order valence-corrected chi connectivity index (χ0v) is 20.0. The van der Waals surface area contributed by atoms with Crippen LogP contribution in [0, 0.1) is 23.7 Å². The molecule has 1 saturated carbocycles. The lowest BCUT2D eigenvalue weighted by Gasteiger charge is -2.19. The Morgan fingerprint density at radius 1 is 1.03 bits per heavy atom. The highest BCUT2D eigenvalue weighted by atomic mass is 35.5. The molecule has 0 spiro atoms. The third-order valence-corrected chi connectivity index (χ3v) is 7.32. The first-order valence-electron chi connectivity index (χ1n) is 11.4. The molecular formula is C26H22ClN3O6. The fourth-order valence-corrected chi connectivity index (χ4v) is 5.61. The van der Waals surface area contributed by atoms with Gasteiger partial charge in [-0.2, -0.15) is 0 Å². The zero-order chi connectivity index (χ0) is 25.6. The minimum absolute atomic E-state index is 0.0755. The van der Waals surface area contributed by atoms with Crippen LogP contribution in [0.5, 0.6) is 0 Å². The number of amides is 4. The predicted molar refractivity (Wildman–Crippen MR) is 129 cm³/mol. The summed E-state index contributed by atoms with van der Waals surface area (Å²) in [6.45, 7) is 1.34. The van der Waals surface area contributed by atoms with Crippen LogP contribution in [0.15, 0.2) is 60.2 Å². The van der Waals surface area contributed by atoms with E-state index in [4.69, 9.17) is 16.3 Å². The summed E-state index contributed by atoms with van der Waals surface area (Å²) in [5, 5.41) is 0.216. The van der Waals surface area contributed by atoms with Gasteiger partial charge in [-0.05, 0) is 55.5 Å². The van der Waals surface area contributed by atoms with Gasteiger partial charge in [0.2, 0.25) is 11.8 Å². The summed E-state index contributed by atoms with van der Waals surface area (Å²) in [5.41, 5.74) is 6.04. The first-order chi connectivity index (χ1) is 17.3. The van der Waals surface area contributed by atoms with Gasteiger partial charge in [0, 0.05) is 0 Å². The number of hydrazine groups is 1. The van der Waals surface area contributed by atoms with Gasteiger partial charge in [0.05, 0.1) is 33.7 Å². The first kappa shape index (κ1) is 23.7.